The second kappa shape index (κ2) is 9.07. The van der Waals surface area contributed by atoms with E-state index in [1.165, 1.54) is 6.92 Å². The number of halogens is 4. The third-order valence-corrected chi connectivity index (χ3v) is 5.04. The van der Waals surface area contributed by atoms with Crippen LogP contribution in [0.5, 0.6) is 5.75 Å². The number of hydrogen-bond donors (Lipinski definition) is 1. The van der Waals surface area contributed by atoms with Gasteiger partial charge in [0.25, 0.3) is 0 Å². The van der Waals surface area contributed by atoms with Crippen molar-refractivity contribution in [2.75, 3.05) is 0 Å². The average Bonchev–Trinajstić information content (AvgIpc) is 3.21. The van der Waals surface area contributed by atoms with Crippen molar-refractivity contribution in [2.24, 2.45) is 0 Å². The van der Waals surface area contributed by atoms with E-state index in [9.17, 15) is 18.0 Å². The van der Waals surface area contributed by atoms with E-state index in [1.54, 1.807) is 71.5 Å². The molecule has 0 spiro atoms. The van der Waals surface area contributed by atoms with E-state index < -0.39 is 24.2 Å². The first-order valence-electron chi connectivity index (χ1n) is 9.79. The van der Waals surface area contributed by atoms with Crippen LogP contribution in [0.2, 0.25) is 5.15 Å². The molecule has 2 heterocycles. The number of alkyl halides is 3. The van der Waals surface area contributed by atoms with E-state index in [0.29, 0.717) is 28.0 Å². The Bertz CT molecular complexity index is 1260. The van der Waals surface area contributed by atoms with Gasteiger partial charge in [0.2, 0.25) is 0 Å². The monoisotopic (exact) mass is 475 g/mol. The van der Waals surface area contributed by atoms with Crippen molar-refractivity contribution in [2.45, 2.75) is 25.2 Å². The molecule has 7 nitrogen and oxygen atoms in total. The molecule has 1 N–H and O–H groups in total. The fourth-order valence-corrected chi connectivity index (χ4v) is 3.40. The maximum atomic E-state index is 12.8. The fourth-order valence-electron chi connectivity index (χ4n) is 3.30. The van der Waals surface area contributed by atoms with E-state index in [4.69, 9.17) is 16.3 Å². The Kier molecular flexibility index (Phi) is 6.19. The first-order valence-corrected chi connectivity index (χ1v) is 10.2. The Hall–Kier alpha value is -3.66. The summed E-state index contributed by atoms with van der Waals surface area (Å²) in [4.78, 5) is 11.5. The first-order chi connectivity index (χ1) is 15.7. The second-order valence-corrected chi connectivity index (χ2v) is 7.59. The molecule has 0 aliphatic heterocycles. The zero-order chi connectivity index (χ0) is 23.6. The van der Waals surface area contributed by atoms with Crippen molar-refractivity contribution < 1.29 is 22.7 Å². The van der Waals surface area contributed by atoms with Crippen molar-refractivity contribution in [3.63, 3.8) is 0 Å². The number of fused-ring (bicyclic) bond motifs is 1. The van der Waals surface area contributed by atoms with Crippen LogP contribution in [-0.4, -0.2) is 38.1 Å². The number of nitrogens with one attached hydrogen (secondary N) is 1. The summed E-state index contributed by atoms with van der Waals surface area (Å²) < 4.78 is 45.9. The summed E-state index contributed by atoms with van der Waals surface area (Å²) in [5.74, 6) is -1.17. The zero-order valence-electron chi connectivity index (χ0n) is 17.1. The summed E-state index contributed by atoms with van der Waals surface area (Å²) in [7, 11) is 0. The lowest BCUT2D eigenvalue weighted by atomic mass is 10.0. The molecule has 170 valence electrons. The van der Waals surface area contributed by atoms with Crippen molar-refractivity contribution in [1.29, 1.82) is 0 Å². The highest BCUT2D eigenvalue weighted by Gasteiger charge is 2.40. The maximum Gasteiger partial charge on any atom is 0.471 e. The minimum atomic E-state index is -4.99. The second-order valence-electron chi connectivity index (χ2n) is 7.20. The van der Waals surface area contributed by atoms with Gasteiger partial charge in [-0.1, -0.05) is 41.9 Å². The number of rotatable bonds is 6. The standard InChI is InChI=1S/C22H17ClF3N5O2/c1-13(28-21(32)22(24,25)26)20(14-5-3-2-4-6-14)33-16-7-8-17-15(11-16)12-27-31(17)19-10-9-18(23)29-30-19/h2-13,20H,1H3,(H,28,32). The van der Waals surface area contributed by atoms with E-state index in [-0.39, 0.29) is 5.15 Å². The van der Waals surface area contributed by atoms with Gasteiger partial charge >= 0.3 is 12.1 Å². The van der Waals surface area contributed by atoms with Crippen molar-refractivity contribution in [3.8, 4) is 11.6 Å². The Balaban J connectivity index is 1.62. The molecule has 0 saturated heterocycles. The molecule has 2 atom stereocenters. The number of carbonyl (C=O) groups excluding carboxylic acids is 1. The number of hydrogen-bond acceptors (Lipinski definition) is 5. The predicted molar refractivity (Wildman–Crippen MR) is 115 cm³/mol. The van der Waals surface area contributed by atoms with E-state index in [0.717, 1.165) is 0 Å². The molecule has 1 amide bonds. The molecule has 33 heavy (non-hydrogen) atoms. The summed E-state index contributed by atoms with van der Waals surface area (Å²) >= 11 is 5.78. The SMILES string of the molecule is CC(NC(=O)C(F)(F)F)C(Oc1ccc2c(cnn2-c2ccc(Cl)nn2)c1)c1ccccc1. The van der Waals surface area contributed by atoms with Crippen LogP contribution in [0.1, 0.15) is 18.6 Å². The Labute approximate surface area is 191 Å². The molecule has 0 bridgehead atoms. The summed E-state index contributed by atoms with van der Waals surface area (Å²) in [6.07, 6.45) is -4.26. The van der Waals surface area contributed by atoms with Crippen molar-refractivity contribution >= 4 is 28.4 Å². The molecule has 2 aromatic heterocycles. The Morgan fingerprint density at radius 1 is 1.09 bits per heavy atom. The molecule has 4 aromatic rings. The number of carbonyl (C=O) groups is 1. The molecule has 11 heteroatoms. The number of ether oxygens (including phenoxy) is 1. The van der Waals surface area contributed by atoms with Gasteiger partial charge in [-0.05, 0) is 42.8 Å². The van der Waals surface area contributed by atoms with Gasteiger partial charge < -0.3 is 10.1 Å². The minimum Gasteiger partial charge on any atom is -0.484 e. The molecule has 0 fully saturated rings. The van der Waals surface area contributed by atoms with Gasteiger partial charge in [-0.25, -0.2) is 4.68 Å². The van der Waals surface area contributed by atoms with Gasteiger partial charge in [0.1, 0.15) is 11.9 Å². The third kappa shape index (κ3) is 5.06. The quantitative estimate of drug-likeness (QED) is 0.439. The van der Waals surface area contributed by atoms with Gasteiger partial charge in [-0.3, -0.25) is 4.79 Å². The number of amides is 1. The normalized spacial score (nSPS) is 13.5. The van der Waals surface area contributed by atoms with Gasteiger partial charge in [0, 0.05) is 5.39 Å². The largest absolute Gasteiger partial charge is 0.484 e. The van der Waals surface area contributed by atoms with Crippen molar-refractivity contribution in [3.05, 3.63) is 77.6 Å². The highest BCUT2D eigenvalue weighted by molar-refractivity contribution is 6.29. The van der Waals surface area contributed by atoms with Crippen LogP contribution >= 0.6 is 11.6 Å². The zero-order valence-corrected chi connectivity index (χ0v) is 17.9. The van der Waals surface area contributed by atoms with E-state index in [1.807, 2.05) is 5.32 Å². The van der Waals surface area contributed by atoms with Crippen LogP contribution in [0.4, 0.5) is 13.2 Å². The van der Waals surface area contributed by atoms with Crippen LogP contribution in [0.3, 0.4) is 0 Å². The summed E-state index contributed by atoms with van der Waals surface area (Å²) in [6.45, 7) is 1.46. The highest BCUT2D eigenvalue weighted by atomic mass is 35.5. The first kappa shape index (κ1) is 22.5. The van der Waals surface area contributed by atoms with E-state index >= 15 is 0 Å². The Morgan fingerprint density at radius 3 is 2.52 bits per heavy atom. The van der Waals surface area contributed by atoms with Gasteiger partial charge in [-0.15, -0.1) is 10.2 Å². The van der Waals surface area contributed by atoms with E-state index in [2.05, 4.69) is 15.3 Å². The van der Waals surface area contributed by atoms with Gasteiger partial charge in [-0.2, -0.15) is 18.3 Å². The van der Waals surface area contributed by atoms with Crippen LogP contribution in [0, 0.1) is 0 Å². The number of benzene rings is 2. The number of nitrogens with zero attached hydrogens (tertiary/aromatic N) is 4. The van der Waals surface area contributed by atoms with Crippen LogP contribution in [0.15, 0.2) is 66.9 Å². The summed E-state index contributed by atoms with van der Waals surface area (Å²) in [6, 6.07) is 16.1. The predicted octanol–water partition coefficient (Wildman–Crippen LogP) is 4.66. The molecule has 2 aromatic carbocycles. The lowest BCUT2D eigenvalue weighted by Gasteiger charge is -2.27. The highest BCUT2D eigenvalue weighted by Crippen LogP contribution is 2.29. The lowest BCUT2D eigenvalue weighted by Crippen LogP contribution is -2.45. The van der Waals surface area contributed by atoms with Gasteiger partial charge in [0.15, 0.2) is 11.0 Å². The van der Waals surface area contributed by atoms with Crippen LogP contribution in [0.25, 0.3) is 16.7 Å². The molecule has 4 rings (SSSR count). The minimum absolute atomic E-state index is 0.254. The molecule has 0 radical (unpaired) electrons. The smallest absolute Gasteiger partial charge is 0.471 e. The summed E-state index contributed by atoms with van der Waals surface area (Å²) in [5.41, 5.74) is 1.33. The number of aromatic nitrogens is 4. The molecule has 2 unspecified atom stereocenters. The Morgan fingerprint density at radius 2 is 1.85 bits per heavy atom. The molecule has 0 aliphatic carbocycles. The molecular formula is C22H17ClF3N5O2. The average molecular weight is 476 g/mol. The summed E-state index contributed by atoms with van der Waals surface area (Å²) in [5, 5.41) is 15.1. The topological polar surface area (TPSA) is 81.9 Å². The van der Waals surface area contributed by atoms with Crippen LogP contribution < -0.4 is 10.1 Å². The molecule has 0 aliphatic rings. The third-order valence-electron chi connectivity index (χ3n) is 4.84. The fraction of sp³-hybridized carbons (Fsp3) is 0.182. The van der Waals surface area contributed by atoms with Crippen molar-refractivity contribution in [1.82, 2.24) is 25.3 Å². The molecule has 0 saturated carbocycles. The molecular weight excluding hydrogens is 459 g/mol. The maximum absolute atomic E-state index is 12.8. The lowest BCUT2D eigenvalue weighted by molar-refractivity contribution is -0.174. The van der Waals surface area contributed by atoms with Gasteiger partial charge in [0.05, 0.1) is 17.8 Å². The van der Waals surface area contributed by atoms with Crippen LogP contribution in [-0.2, 0) is 4.79 Å².